The second-order valence-corrected chi connectivity index (χ2v) is 7.52. The van der Waals surface area contributed by atoms with E-state index in [1.54, 1.807) is 0 Å². The molecule has 2 aromatic carbocycles. The van der Waals surface area contributed by atoms with E-state index in [-0.39, 0.29) is 11.9 Å². The van der Waals surface area contributed by atoms with Crippen molar-refractivity contribution in [2.24, 2.45) is 0 Å². The number of ether oxygens (including phenoxy) is 1. The highest BCUT2D eigenvalue weighted by atomic mass is 19.1. The molecule has 1 N–H and O–H groups in total. The van der Waals surface area contributed by atoms with Gasteiger partial charge >= 0.3 is 0 Å². The number of aromatic nitrogens is 3. The number of hydrogen-bond acceptors (Lipinski definition) is 4. The van der Waals surface area contributed by atoms with Gasteiger partial charge in [-0.15, -0.1) is 10.2 Å². The van der Waals surface area contributed by atoms with Gasteiger partial charge in [-0.05, 0) is 51.0 Å². The summed E-state index contributed by atoms with van der Waals surface area (Å²) >= 11 is 0. The maximum absolute atomic E-state index is 14.0. The second-order valence-electron chi connectivity index (χ2n) is 7.52. The summed E-state index contributed by atoms with van der Waals surface area (Å²) < 4.78 is 22.0. The van der Waals surface area contributed by atoms with E-state index in [1.807, 2.05) is 62.6 Å². The molecule has 0 radical (unpaired) electrons. The van der Waals surface area contributed by atoms with Gasteiger partial charge in [-0.1, -0.05) is 30.3 Å². The number of nitrogens with one attached hydrogen (secondary N) is 1. The smallest absolute Gasteiger partial charge is 0.166 e. The van der Waals surface area contributed by atoms with Crippen molar-refractivity contribution in [1.82, 2.24) is 14.8 Å². The molecular formula is C21H23FN4O. The summed E-state index contributed by atoms with van der Waals surface area (Å²) in [6.07, 6.45) is -0.266. The molecule has 1 aliphatic rings. The van der Waals surface area contributed by atoms with E-state index in [9.17, 15) is 4.39 Å². The molecule has 0 fully saturated rings. The number of hydrogen-bond donors (Lipinski definition) is 1. The molecule has 2 heterocycles. The van der Waals surface area contributed by atoms with E-state index in [2.05, 4.69) is 15.5 Å². The lowest BCUT2D eigenvalue weighted by atomic mass is 9.98. The summed E-state index contributed by atoms with van der Waals surface area (Å²) in [6, 6.07) is 13.1. The Labute approximate surface area is 158 Å². The second kappa shape index (κ2) is 6.46. The first-order valence-corrected chi connectivity index (χ1v) is 9.07. The van der Waals surface area contributed by atoms with Crippen LogP contribution in [0.2, 0.25) is 0 Å². The van der Waals surface area contributed by atoms with Gasteiger partial charge in [0.15, 0.2) is 11.6 Å². The molecule has 140 valence electrons. The van der Waals surface area contributed by atoms with Gasteiger partial charge in [0.25, 0.3) is 0 Å². The van der Waals surface area contributed by atoms with Gasteiger partial charge in [0.2, 0.25) is 0 Å². The van der Waals surface area contributed by atoms with Crippen LogP contribution in [0.25, 0.3) is 5.69 Å². The van der Waals surface area contributed by atoms with Gasteiger partial charge in [-0.3, -0.25) is 4.57 Å². The molecule has 0 spiro atoms. The molecule has 0 saturated carbocycles. The van der Waals surface area contributed by atoms with Gasteiger partial charge < -0.3 is 10.1 Å². The van der Waals surface area contributed by atoms with Crippen LogP contribution in [0, 0.1) is 12.7 Å². The summed E-state index contributed by atoms with van der Waals surface area (Å²) in [7, 11) is 0. The quantitative estimate of drug-likeness (QED) is 0.730. The van der Waals surface area contributed by atoms with Crippen LogP contribution >= 0.6 is 0 Å². The Morgan fingerprint density at radius 2 is 1.93 bits per heavy atom. The fraction of sp³-hybridized carbons (Fsp3) is 0.333. The fourth-order valence-electron chi connectivity index (χ4n) is 3.57. The molecule has 5 nitrogen and oxygen atoms in total. The van der Waals surface area contributed by atoms with Crippen molar-refractivity contribution in [3.05, 3.63) is 71.1 Å². The molecular weight excluding hydrogens is 343 g/mol. The van der Waals surface area contributed by atoms with Crippen LogP contribution in [0.4, 0.5) is 10.1 Å². The lowest BCUT2D eigenvalue weighted by Gasteiger charge is -2.35. The number of halogens is 1. The predicted molar refractivity (Wildman–Crippen MR) is 102 cm³/mol. The fourth-order valence-corrected chi connectivity index (χ4v) is 3.57. The third-order valence-electron chi connectivity index (χ3n) is 4.89. The standard InChI is InChI=1S/C21H23FN4O/c1-13-10-16(22)11-17-18(13)26-19(24-25-20(26)21(3,4)23-17)14(2)27-12-15-8-6-5-7-9-15/h5-11,14,23H,12H2,1-4H3. The Morgan fingerprint density at radius 1 is 1.19 bits per heavy atom. The summed E-state index contributed by atoms with van der Waals surface area (Å²) in [4.78, 5) is 0. The summed E-state index contributed by atoms with van der Waals surface area (Å²) in [6.45, 7) is 8.37. The van der Waals surface area contributed by atoms with Crippen LogP contribution in [-0.2, 0) is 16.9 Å². The molecule has 1 unspecified atom stereocenters. The molecule has 0 bridgehead atoms. The van der Waals surface area contributed by atoms with Crippen LogP contribution in [0.1, 0.15) is 49.7 Å². The van der Waals surface area contributed by atoms with Crippen molar-refractivity contribution in [1.29, 1.82) is 0 Å². The van der Waals surface area contributed by atoms with E-state index in [4.69, 9.17) is 4.74 Å². The van der Waals surface area contributed by atoms with E-state index in [1.165, 1.54) is 12.1 Å². The molecule has 6 heteroatoms. The van der Waals surface area contributed by atoms with Crippen LogP contribution in [-0.4, -0.2) is 14.8 Å². The van der Waals surface area contributed by atoms with Crippen molar-refractivity contribution < 1.29 is 9.13 Å². The van der Waals surface area contributed by atoms with Crippen molar-refractivity contribution >= 4 is 5.69 Å². The van der Waals surface area contributed by atoms with Gasteiger partial charge in [-0.25, -0.2) is 4.39 Å². The van der Waals surface area contributed by atoms with Crippen LogP contribution < -0.4 is 5.32 Å². The largest absolute Gasteiger partial charge is 0.371 e. The first-order chi connectivity index (χ1) is 12.9. The Kier molecular flexibility index (Phi) is 4.23. The molecule has 0 amide bonds. The minimum Gasteiger partial charge on any atom is -0.371 e. The highest BCUT2D eigenvalue weighted by molar-refractivity contribution is 5.69. The molecule has 0 aliphatic carbocycles. The number of rotatable bonds is 4. The normalized spacial score (nSPS) is 15.6. The molecule has 1 atom stereocenters. The first kappa shape index (κ1) is 17.7. The van der Waals surface area contributed by atoms with Crippen LogP contribution in [0.5, 0.6) is 0 Å². The first-order valence-electron chi connectivity index (χ1n) is 9.07. The number of benzene rings is 2. The van der Waals surface area contributed by atoms with Crippen molar-refractivity contribution in [3.8, 4) is 5.69 Å². The minimum atomic E-state index is -0.475. The number of aryl methyl sites for hydroxylation is 1. The Hall–Kier alpha value is -2.73. The Morgan fingerprint density at radius 3 is 2.67 bits per heavy atom. The lowest BCUT2D eigenvalue weighted by Crippen LogP contribution is -2.36. The summed E-state index contributed by atoms with van der Waals surface area (Å²) in [5.74, 6) is 1.24. The van der Waals surface area contributed by atoms with E-state index < -0.39 is 5.54 Å². The maximum atomic E-state index is 14.0. The molecule has 1 aromatic heterocycles. The highest BCUT2D eigenvalue weighted by Crippen LogP contribution is 2.40. The zero-order chi connectivity index (χ0) is 19.2. The Bertz CT molecular complexity index is 981. The number of fused-ring (bicyclic) bond motifs is 3. The zero-order valence-corrected chi connectivity index (χ0v) is 16.0. The summed E-state index contributed by atoms with van der Waals surface area (Å²) in [5, 5.41) is 12.2. The summed E-state index contributed by atoms with van der Waals surface area (Å²) in [5.41, 5.74) is 3.06. The third kappa shape index (κ3) is 3.10. The van der Waals surface area contributed by atoms with E-state index in [0.717, 1.165) is 28.3 Å². The molecule has 27 heavy (non-hydrogen) atoms. The topological polar surface area (TPSA) is 52.0 Å². The molecule has 4 rings (SSSR count). The average molecular weight is 366 g/mol. The van der Waals surface area contributed by atoms with Crippen molar-refractivity contribution in [2.45, 2.75) is 45.9 Å². The van der Waals surface area contributed by atoms with Crippen molar-refractivity contribution in [2.75, 3.05) is 5.32 Å². The van der Waals surface area contributed by atoms with E-state index >= 15 is 0 Å². The Balaban J connectivity index is 1.74. The van der Waals surface area contributed by atoms with Gasteiger partial charge in [0.1, 0.15) is 11.9 Å². The SMILES string of the molecule is Cc1cc(F)cc2c1-n1c(C(C)OCc3ccccc3)nnc1C(C)(C)N2. The molecule has 1 aliphatic heterocycles. The molecule has 3 aromatic rings. The third-order valence-corrected chi connectivity index (χ3v) is 4.89. The zero-order valence-electron chi connectivity index (χ0n) is 16.0. The average Bonchev–Trinajstić information content (AvgIpc) is 3.05. The van der Waals surface area contributed by atoms with Crippen LogP contribution in [0.3, 0.4) is 0 Å². The predicted octanol–water partition coefficient (Wildman–Crippen LogP) is 4.65. The van der Waals surface area contributed by atoms with Crippen molar-refractivity contribution in [3.63, 3.8) is 0 Å². The minimum absolute atomic E-state index is 0.263. The monoisotopic (exact) mass is 366 g/mol. The lowest BCUT2D eigenvalue weighted by molar-refractivity contribution is 0.0454. The number of anilines is 1. The van der Waals surface area contributed by atoms with Crippen LogP contribution in [0.15, 0.2) is 42.5 Å². The molecule has 0 saturated heterocycles. The van der Waals surface area contributed by atoms with Gasteiger partial charge in [-0.2, -0.15) is 0 Å². The highest BCUT2D eigenvalue weighted by Gasteiger charge is 2.36. The maximum Gasteiger partial charge on any atom is 0.166 e. The number of nitrogens with zero attached hydrogens (tertiary/aromatic N) is 3. The van der Waals surface area contributed by atoms with E-state index in [0.29, 0.717) is 12.4 Å². The van der Waals surface area contributed by atoms with Gasteiger partial charge in [0, 0.05) is 0 Å². The van der Waals surface area contributed by atoms with Gasteiger partial charge in [0.05, 0.1) is 23.5 Å².